The quantitative estimate of drug-likeness (QED) is 0.761. The van der Waals surface area contributed by atoms with Crippen LogP contribution in [-0.4, -0.2) is 6.54 Å². The predicted octanol–water partition coefficient (Wildman–Crippen LogP) is 5.36. The number of nitrogens with one attached hydrogen (secondary N) is 1. The van der Waals surface area contributed by atoms with Gasteiger partial charge in [0.05, 0.1) is 9.83 Å². The Balaban J connectivity index is 2.40. The minimum Gasteiger partial charge on any atom is -0.306 e. The van der Waals surface area contributed by atoms with Gasteiger partial charge in [-0.1, -0.05) is 19.1 Å². The lowest BCUT2D eigenvalue weighted by Crippen LogP contribution is -2.23. The van der Waals surface area contributed by atoms with E-state index >= 15 is 0 Å². The Morgan fingerprint density at radius 2 is 1.85 bits per heavy atom. The van der Waals surface area contributed by atoms with Crippen LogP contribution in [0.3, 0.4) is 0 Å². The summed E-state index contributed by atoms with van der Waals surface area (Å²) in [6, 6.07) is 6.14. The minimum atomic E-state index is -0.102. The van der Waals surface area contributed by atoms with E-state index in [1.165, 1.54) is 5.56 Å². The van der Waals surface area contributed by atoms with Gasteiger partial charge < -0.3 is 5.32 Å². The largest absolute Gasteiger partial charge is 0.306 e. The third-order valence-electron chi connectivity index (χ3n) is 3.31. The first-order chi connectivity index (χ1) is 9.52. The van der Waals surface area contributed by atoms with E-state index in [0.717, 1.165) is 22.3 Å². The lowest BCUT2D eigenvalue weighted by atomic mass is 9.97. The van der Waals surface area contributed by atoms with Crippen LogP contribution in [0.4, 0.5) is 4.39 Å². The lowest BCUT2D eigenvalue weighted by molar-refractivity contribution is 0.587. The maximum atomic E-state index is 13.8. The summed E-state index contributed by atoms with van der Waals surface area (Å²) in [7, 11) is 0. The normalized spacial score (nSPS) is 12.7. The van der Waals surface area contributed by atoms with Crippen LogP contribution in [0.15, 0.2) is 27.4 Å². The molecule has 1 heterocycles. The van der Waals surface area contributed by atoms with Gasteiger partial charge in [-0.05, 0) is 76.4 Å². The first-order valence-corrected chi connectivity index (χ1v) is 8.44. The van der Waals surface area contributed by atoms with Crippen molar-refractivity contribution in [3.05, 3.63) is 55.4 Å². The topological polar surface area (TPSA) is 12.0 Å². The second-order valence-electron chi connectivity index (χ2n) is 5.04. The number of thiophene rings is 1. The molecular formula is C16H19BrFNS. The average Bonchev–Trinajstić information content (AvgIpc) is 2.83. The monoisotopic (exact) mass is 355 g/mol. The molecule has 0 radical (unpaired) electrons. The molecule has 0 saturated carbocycles. The number of halogens is 2. The van der Waals surface area contributed by atoms with Crippen molar-refractivity contribution in [1.82, 2.24) is 5.32 Å². The van der Waals surface area contributed by atoms with Gasteiger partial charge in [0.2, 0.25) is 0 Å². The van der Waals surface area contributed by atoms with E-state index < -0.39 is 0 Å². The minimum absolute atomic E-state index is 0.102. The fraction of sp³-hybridized carbons (Fsp3) is 0.375. The first-order valence-electron chi connectivity index (χ1n) is 6.77. The van der Waals surface area contributed by atoms with Crippen LogP contribution in [0.2, 0.25) is 0 Å². The van der Waals surface area contributed by atoms with Crippen LogP contribution in [0, 0.1) is 19.7 Å². The van der Waals surface area contributed by atoms with Gasteiger partial charge in [-0.15, -0.1) is 11.3 Å². The molecule has 1 N–H and O–H groups in total. The van der Waals surface area contributed by atoms with E-state index in [4.69, 9.17) is 0 Å². The Morgan fingerprint density at radius 1 is 1.20 bits per heavy atom. The molecule has 1 nitrogen and oxygen atoms in total. The molecule has 0 aliphatic rings. The fourth-order valence-electron chi connectivity index (χ4n) is 2.34. The van der Waals surface area contributed by atoms with Gasteiger partial charge >= 0.3 is 0 Å². The molecule has 0 fully saturated rings. The summed E-state index contributed by atoms with van der Waals surface area (Å²) >= 11 is 5.19. The van der Waals surface area contributed by atoms with E-state index in [1.54, 1.807) is 11.3 Å². The molecule has 108 valence electrons. The molecule has 2 rings (SSSR count). The van der Waals surface area contributed by atoms with Gasteiger partial charge in [0.1, 0.15) is 5.82 Å². The number of benzene rings is 1. The van der Waals surface area contributed by atoms with E-state index in [2.05, 4.69) is 39.6 Å². The fourth-order valence-corrected chi connectivity index (χ4v) is 3.54. The van der Waals surface area contributed by atoms with Crippen LogP contribution >= 0.6 is 27.3 Å². The van der Waals surface area contributed by atoms with Crippen molar-refractivity contribution >= 4 is 27.3 Å². The number of hydrogen-bond donors (Lipinski definition) is 1. The van der Waals surface area contributed by atoms with Crippen LogP contribution in [0.25, 0.3) is 0 Å². The van der Waals surface area contributed by atoms with Gasteiger partial charge in [-0.25, -0.2) is 4.39 Å². The average molecular weight is 356 g/mol. The summed E-state index contributed by atoms with van der Waals surface area (Å²) in [5.74, 6) is -0.102. The van der Waals surface area contributed by atoms with E-state index in [1.807, 2.05) is 26.0 Å². The van der Waals surface area contributed by atoms with Crippen molar-refractivity contribution in [2.24, 2.45) is 0 Å². The Hall–Kier alpha value is -0.710. The Labute approximate surface area is 132 Å². The zero-order valence-corrected chi connectivity index (χ0v) is 14.4. The molecule has 0 aliphatic heterocycles. The van der Waals surface area contributed by atoms with Gasteiger partial charge in [-0.2, -0.15) is 0 Å². The van der Waals surface area contributed by atoms with E-state index in [9.17, 15) is 4.39 Å². The van der Waals surface area contributed by atoms with Crippen LogP contribution in [0.5, 0.6) is 0 Å². The highest BCUT2D eigenvalue weighted by molar-refractivity contribution is 9.11. The van der Waals surface area contributed by atoms with Crippen molar-refractivity contribution in [3.8, 4) is 0 Å². The second-order valence-corrected chi connectivity index (χ2v) is 7.33. The molecule has 1 aromatic heterocycles. The molecule has 0 saturated heterocycles. The highest BCUT2D eigenvalue weighted by Gasteiger charge is 2.17. The summed E-state index contributed by atoms with van der Waals surface area (Å²) in [4.78, 5) is 0. The molecular weight excluding hydrogens is 337 g/mol. The standard InChI is InChI=1S/C16H19BrFNS/c1-4-5-19-16(13-8-14(17)20-9-13)12-6-10(2)15(18)11(3)7-12/h6-9,16,19H,4-5H2,1-3H3. The number of rotatable bonds is 5. The zero-order valence-electron chi connectivity index (χ0n) is 12.0. The molecule has 2 aromatic rings. The molecule has 0 aliphatic carbocycles. The molecule has 20 heavy (non-hydrogen) atoms. The molecule has 1 unspecified atom stereocenters. The summed E-state index contributed by atoms with van der Waals surface area (Å²) in [6.07, 6.45) is 1.07. The molecule has 0 spiro atoms. The van der Waals surface area contributed by atoms with Crippen molar-refractivity contribution in [2.75, 3.05) is 6.54 Å². The summed E-state index contributed by atoms with van der Waals surface area (Å²) < 4.78 is 14.9. The van der Waals surface area contributed by atoms with Crippen LogP contribution in [0.1, 0.15) is 41.6 Å². The van der Waals surface area contributed by atoms with Crippen molar-refractivity contribution in [1.29, 1.82) is 0 Å². The van der Waals surface area contributed by atoms with Gasteiger partial charge in [0, 0.05) is 0 Å². The molecule has 1 atom stereocenters. The first kappa shape index (κ1) is 15.7. The highest BCUT2D eigenvalue weighted by atomic mass is 79.9. The highest BCUT2D eigenvalue weighted by Crippen LogP contribution is 2.31. The van der Waals surface area contributed by atoms with Crippen molar-refractivity contribution in [3.63, 3.8) is 0 Å². The molecule has 0 amide bonds. The third kappa shape index (κ3) is 3.48. The third-order valence-corrected chi connectivity index (χ3v) is 4.83. The van der Waals surface area contributed by atoms with Gasteiger partial charge in [0.15, 0.2) is 0 Å². The van der Waals surface area contributed by atoms with Gasteiger partial charge in [0.25, 0.3) is 0 Å². The maximum absolute atomic E-state index is 13.8. The molecule has 0 bridgehead atoms. The summed E-state index contributed by atoms with van der Waals surface area (Å²) in [5, 5.41) is 5.70. The van der Waals surface area contributed by atoms with Crippen LogP contribution in [-0.2, 0) is 0 Å². The zero-order chi connectivity index (χ0) is 14.7. The summed E-state index contributed by atoms with van der Waals surface area (Å²) in [6.45, 7) is 6.74. The SMILES string of the molecule is CCCNC(c1csc(Br)c1)c1cc(C)c(F)c(C)c1. The molecule has 1 aromatic carbocycles. The Morgan fingerprint density at radius 3 is 2.35 bits per heavy atom. The van der Waals surface area contributed by atoms with E-state index in [0.29, 0.717) is 11.1 Å². The Kier molecular flexibility index (Phi) is 5.35. The van der Waals surface area contributed by atoms with Crippen LogP contribution < -0.4 is 5.32 Å². The Bertz CT molecular complexity index is 571. The summed E-state index contributed by atoms with van der Waals surface area (Å²) in [5.41, 5.74) is 3.76. The smallest absolute Gasteiger partial charge is 0.129 e. The maximum Gasteiger partial charge on any atom is 0.129 e. The van der Waals surface area contributed by atoms with Gasteiger partial charge in [-0.3, -0.25) is 0 Å². The van der Waals surface area contributed by atoms with Crippen molar-refractivity contribution < 1.29 is 4.39 Å². The number of aryl methyl sites for hydroxylation is 2. The molecule has 4 heteroatoms. The lowest BCUT2D eigenvalue weighted by Gasteiger charge is -2.19. The predicted molar refractivity (Wildman–Crippen MR) is 88.0 cm³/mol. The van der Waals surface area contributed by atoms with E-state index in [-0.39, 0.29) is 11.9 Å². The van der Waals surface area contributed by atoms with Crippen molar-refractivity contribution in [2.45, 2.75) is 33.2 Å². The second kappa shape index (κ2) is 6.83. The number of hydrogen-bond acceptors (Lipinski definition) is 2.